The van der Waals surface area contributed by atoms with Gasteiger partial charge in [0.2, 0.25) is 0 Å². The van der Waals surface area contributed by atoms with Gasteiger partial charge in [0.15, 0.2) is 5.82 Å². The summed E-state index contributed by atoms with van der Waals surface area (Å²) in [4.78, 5) is 32.1. The number of nitrogens with one attached hydrogen (secondary N) is 2. The Balaban J connectivity index is 1.53. The summed E-state index contributed by atoms with van der Waals surface area (Å²) in [5, 5.41) is 3.71. The molecule has 0 aliphatic carbocycles. The van der Waals surface area contributed by atoms with Gasteiger partial charge in [-0.05, 0) is 24.3 Å². The van der Waals surface area contributed by atoms with Crippen LogP contribution in [0.5, 0.6) is 0 Å². The number of aromatic amines is 1. The van der Waals surface area contributed by atoms with E-state index in [0.717, 1.165) is 11.0 Å². The van der Waals surface area contributed by atoms with E-state index in [1.807, 2.05) is 30.3 Å². The van der Waals surface area contributed by atoms with Crippen molar-refractivity contribution in [3.05, 3.63) is 66.9 Å². The van der Waals surface area contributed by atoms with Gasteiger partial charge in [0, 0.05) is 30.2 Å². The second-order valence-corrected chi connectivity index (χ2v) is 5.10. The Bertz CT molecular complexity index is 994. The fourth-order valence-corrected chi connectivity index (χ4v) is 2.28. The lowest BCUT2D eigenvalue weighted by atomic mass is 10.2. The Kier molecular flexibility index (Phi) is 3.43. The maximum absolute atomic E-state index is 12.3. The summed E-state index contributed by atoms with van der Waals surface area (Å²) in [6, 6.07) is 9.23. The molecule has 0 bridgehead atoms. The second kappa shape index (κ2) is 5.88. The van der Waals surface area contributed by atoms with Crippen LogP contribution in [0, 0.1) is 0 Å². The van der Waals surface area contributed by atoms with Gasteiger partial charge in [0.1, 0.15) is 11.3 Å². The molecule has 4 heterocycles. The molecule has 0 radical (unpaired) electrons. The van der Waals surface area contributed by atoms with E-state index in [-0.39, 0.29) is 5.91 Å². The minimum absolute atomic E-state index is 0.292. The van der Waals surface area contributed by atoms with Crippen LogP contribution in [0.3, 0.4) is 0 Å². The molecule has 4 aromatic rings. The summed E-state index contributed by atoms with van der Waals surface area (Å²) in [7, 11) is 0. The van der Waals surface area contributed by atoms with Crippen LogP contribution < -0.4 is 5.32 Å². The van der Waals surface area contributed by atoms with Crippen LogP contribution in [0.25, 0.3) is 22.6 Å². The molecule has 0 fully saturated rings. The van der Waals surface area contributed by atoms with E-state index in [1.54, 1.807) is 18.6 Å². The summed E-state index contributed by atoms with van der Waals surface area (Å²) in [5.41, 5.74) is 2.41. The average molecular weight is 316 g/mol. The number of aromatic nitrogens is 5. The number of rotatable bonds is 3. The van der Waals surface area contributed by atoms with Crippen LogP contribution in [0.15, 0.2) is 61.3 Å². The third kappa shape index (κ3) is 2.70. The number of hydrogen-bond donors (Lipinski definition) is 2. The number of pyridine rings is 2. The molecular formula is C17H12N6O. The highest BCUT2D eigenvalue weighted by Crippen LogP contribution is 2.16. The normalized spacial score (nSPS) is 10.7. The van der Waals surface area contributed by atoms with Crippen molar-refractivity contribution in [2.45, 2.75) is 0 Å². The summed E-state index contributed by atoms with van der Waals surface area (Å²) < 4.78 is 0. The Morgan fingerprint density at radius 3 is 2.67 bits per heavy atom. The Morgan fingerprint density at radius 2 is 1.88 bits per heavy atom. The minimum atomic E-state index is -0.292. The summed E-state index contributed by atoms with van der Waals surface area (Å²) >= 11 is 0. The predicted octanol–water partition coefficient (Wildman–Crippen LogP) is 2.67. The van der Waals surface area contributed by atoms with E-state index in [9.17, 15) is 4.79 Å². The highest BCUT2D eigenvalue weighted by Gasteiger charge is 2.10. The maximum atomic E-state index is 12.3. The van der Waals surface area contributed by atoms with Crippen molar-refractivity contribution in [1.29, 1.82) is 0 Å². The van der Waals surface area contributed by atoms with E-state index in [0.29, 0.717) is 22.8 Å². The molecule has 0 aliphatic heterocycles. The molecule has 0 aliphatic rings. The van der Waals surface area contributed by atoms with Gasteiger partial charge < -0.3 is 10.3 Å². The number of fused-ring (bicyclic) bond motifs is 1. The molecule has 116 valence electrons. The molecule has 24 heavy (non-hydrogen) atoms. The summed E-state index contributed by atoms with van der Waals surface area (Å²) in [6.45, 7) is 0. The zero-order valence-corrected chi connectivity index (χ0v) is 12.5. The van der Waals surface area contributed by atoms with Crippen molar-refractivity contribution in [1.82, 2.24) is 24.9 Å². The number of amides is 1. The molecule has 2 N–H and O–H groups in total. The van der Waals surface area contributed by atoms with Gasteiger partial charge in [0.25, 0.3) is 5.91 Å². The molecule has 0 saturated heterocycles. The fourth-order valence-electron chi connectivity index (χ4n) is 2.28. The summed E-state index contributed by atoms with van der Waals surface area (Å²) in [5.74, 6) is 0.182. The number of anilines is 1. The third-order valence-electron chi connectivity index (χ3n) is 3.47. The molecule has 0 spiro atoms. The van der Waals surface area contributed by atoms with Crippen LogP contribution in [0.2, 0.25) is 0 Å². The number of H-pyrrole nitrogens is 1. The third-order valence-corrected chi connectivity index (χ3v) is 3.47. The Labute approximate surface area is 136 Å². The smallest absolute Gasteiger partial charge is 0.258 e. The zero-order valence-electron chi connectivity index (χ0n) is 12.5. The molecule has 7 heteroatoms. The van der Waals surface area contributed by atoms with Crippen molar-refractivity contribution in [3.8, 4) is 11.5 Å². The van der Waals surface area contributed by atoms with E-state index >= 15 is 0 Å². The monoisotopic (exact) mass is 316 g/mol. The van der Waals surface area contributed by atoms with Crippen molar-refractivity contribution in [3.63, 3.8) is 0 Å². The summed E-state index contributed by atoms with van der Waals surface area (Å²) in [6.07, 6.45) is 8.03. The fraction of sp³-hybridized carbons (Fsp3) is 0. The first-order valence-corrected chi connectivity index (χ1v) is 7.27. The molecule has 0 unspecified atom stereocenters. The number of carbonyl (C=O) groups excluding carboxylic acids is 1. The van der Waals surface area contributed by atoms with Crippen molar-refractivity contribution >= 4 is 22.6 Å². The first-order valence-electron chi connectivity index (χ1n) is 7.27. The number of carbonyl (C=O) groups is 1. The number of nitrogens with zero attached hydrogens (tertiary/aromatic N) is 4. The highest BCUT2D eigenvalue weighted by atomic mass is 16.1. The van der Waals surface area contributed by atoms with Gasteiger partial charge >= 0.3 is 0 Å². The number of hydrogen-bond acceptors (Lipinski definition) is 5. The van der Waals surface area contributed by atoms with Gasteiger partial charge in [-0.15, -0.1) is 0 Å². The molecule has 4 rings (SSSR count). The molecule has 0 aromatic carbocycles. The topological polar surface area (TPSA) is 96.5 Å². The van der Waals surface area contributed by atoms with Gasteiger partial charge in [-0.1, -0.05) is 6.07 Å². The van der Waals surface area contributed by atoms with Crippen molar-refractivity contribution in [2.75, 3.05) is 5.32 Å². The lowest BCUT2D eigenvalue weighted by Gasteiger charge is -2.05. The first-order chi connectivity index (χ1) is 11.8. The van der Waals surface area contributed by atoms with Gasteiger partial charge in [0.05, 0.1) is 17.4 Å². The van der Waals surface area contributed by atoms with Gasteiger partial charge in [-0.3, -0.25) is 9.78 Å². The minimum Gasteiger partial charge on any atom is -0.346 e. The lowest BCUT2D eigenvalue weighted by molar-refractivity contribution is 0.102. The molecule has 0 atom stereocenters. The largest absolute Gasteiger partial charge is 0.346 e. The maximum Gasteiger partial charge on any atom is 0.258 e. The van der Waals surface area contributed by atoms with E-state index in [4.69, 9.17) is 0 Å². The van der Waals surface area contributed by atoms with Gasteiger partial charge in [-0.2, -0.15) is 0 Å². The van der Waals surface area contributed by atoms with Crippen LogP contribution in [0.4, 0.5) is 5.69 Å². The van der Waals surface area contributed by atoms with Crippen LogP contribution >= 0.6 is 0 Å². The quantitative estimate of drug-likeness (QED) is 0.605. The lowest BCUT2D eigenvalue weighted by Crippen LogP contribution is -2.13. The second-order valence-electron chi connectivity index (χ2n) is 5.10. The van der Waals surface area contributed by atoms with Crippen LogP contribution in [-0.2, 0) is 0 Å². The SMILES string of the molecule is O=C(Nc1cnc2[nH]ccc2c1)c1cnc(-c2ccccn2)nc1. The van der Waals surface area contributed by atoms with Gasteiger partial charge in [-0.25, -0.2) is 15.0 Å². The zero-order chi connectivity index (χ0) is 16.4. The standard InChI is InChI=1S/C17H12N6O/c24-17(23-13-7-11-4-6-19-15(11)22-10-13)12-8-20-16(21-9-12)14-3-1-2-5-18-14/h1-10H,(H,19,22)(H,23,24). The molecule has 7 nitrogen and oxygen atoms in total. The molecule has 1 amide bonds. The van der Waals surface area contributed by atoms with Crippen molar-refractivity contribution in [2.24, 2.45) is 0 Å². The van der Waals surface area contributed by atoms with Crippen molar-refractivity contribution < 1.29 is 4.79 Å². The van der Waals surface area contributed by atoms with E-state index < -0.39 is 0 Å². The predicted molar refractivity (Wildman–Crippen MR) is 89.3 cm³/mol. The van der Waals surface area contributed by atoms with E-state index in [1.165, 1.54) is 12.4 Å². The highest BCUT2D eigenvalue weighted by molar-refractivity contribution is 6.04. The van der Waals surface area contributed by atoms with Crippen LogP contribution in [-0.4, -0.2) is 30.8 Å². The Morgan fingerprint density at radius 1 is 1.00 bits per heavy atom. The molecule has 4 aromatic heterocycles. The van der Waals surface area contributed by atoms with Crippen LogP contribution in [0.1, 0.15) is 10.4 Å². The molecule has 0 saturated carbocycles. The van der Waals surface area contributed by atoms with E-state index in [2.05, 4.69) is 30.2 Å². The molecular weight excluding hydrogens is 304 g/mol. The average Bonchev–Trinajstić information content (AvgIpc) is 3.10. The first kappa shape index (κ1) is 14.0. The Hall–Kier alpha value is -3.61.